The largest absolute Gasteiger partial charge is 0.469 e. The fourth-order valence-electron chi connectivity index (χ4n) is 0.900. The van der Waals surface area contributed by atoms with E-state index in [1.807, 2.05) is 30.3 Å². The van der Waals surface area contributed by atoms with E-state index in [9.17, 15) is 4.79 Å². The van der Waals surface area contributed by atoms with E-state index in [-0.39, 0.29) is 11.9 Å². The van der Waals surface area contributed by atoms with Crippen LogP contribution in [-0.2, 0) is 9.53 Å². The molecule has 0 spiro atoms. The Balaban J connectivity index is 0.000000140. The highest BCUT2D eigenvalue weighted by Crippen LogP contribution is 2.29. The molecule has 1 aromatic rings. The molecule has 0 radical (unpaired) electrons. The highest BCUT2D eigenvalue weighted by Gasteiger charge is 2.30. The Morgan fingerprint density at radius 3 is 2.14 bits per heavy atom. The molecule has 14 heavy (non-hydrogen) atoms. The Morgan fingerprint density at radius 2 is 1.93 bits per heavy atom. The molecule has 2 rings (SSSR count). The highest BCUT2D eigenvalue weighted by atomic mass is 79.9. The predicted octanol–water partition coefficient (Wildman–Crippen LogP) is 3.02. The first-order valence-electron chi connectivity index (χ1n) is 4.52. The van der Waals surface area contributed by atoms with Crippen LogP contribution in [0.5, 0.6) is 0 Å². The number of halogens is 1. The van der Waals surface area contributed by atoms with E-state index >= 15 is 0 Å². The van der Waals surface area contributed by atoms with E-state index in [2.05, 4.69) is 20.7 Å². The molecule has 2 nitrogen and oxygen atoms in total. The molecule has 0 aliphatic heterocycles. The van der Waals surface area contributed by atoms with Crippen molar-refractivity contribution in [3.63, 3.8) is 0 Å². The molecule has 0 atom stereocenters. The first-order valence-corrected chi connectivity index (χ1v) is 5.31. The molecule has 76 valence electrons. The van der Waals surface area contributed by atoms with Gasteiger partial charge in [-0.3, -0.25) is 4.79 Å². The van der Waals surface area contributed by atoms with E-state index < -0.39 is 0 Å². The Labute approximate surface area is 92.4 Å². The minimum Gasteiger partial charge on any atom is -0.469 e. The summed E-state index contributed by atoms with van der Waals surface area (Å²) in [4.78, 5) is 10.4. The van der Waals surface area contributed by atoms with Crippen LogP contribution in [0.3, 0.4) is 0 Å². The molecule has 0 saturated heterocycles. The minimum absolute atomic E-state index is 0.0417. The van der Waals surface area contributed by atoms with E-state index in [4.69, 9.17) is 0 Å². The number of carbonyl (C=O) groups is 1. The monoisotopic (exact) mass is 256 g/mol. The van der Waals surface area contributed by atoms with Gasteiger partial charge >= 0.3 is 5.97 Å². The topological polar surface area (TPSA) is 26.3 Å². The molecule has 0 N–H and O–H groups in total. The smallest absolute Gasteiger partial charge is 0.308 e. The van der Waals surface area contributed by atoms with Crippen LogP contribution in [0.15, 0.2) is 34.8 Å². The first kappa shape index (κ1) is 11.2. The number of benzene rings is 1. The van der Waals surface area contributed by atoms with Crippen LogP contribution < -0.4 is 0 Å². The lowest BCUT2D eigenvalue weighted by Crippen LogP contribution is -2.00. The third-order valence-electron chi connectivity index (χ3n) is 1.84. The molecule has 1 aliphatic carbocycles. The van der Waals surface area contributed by atoms with Gasteiger partial charge in [-0.15, -0.1) is 0 Å². The van der Waals surface area contributed by atoms with Crippen molar-refractivity contribution in [3.8, 4) is 0 Å². The summed E-state index contributed by atoms with van der Waals surface area (Å²) in [5, 5.41) is 0. The van der Waals surface area contributed by atoms with Gasteiger partial charge in [-0.2, -0.15) is 0 Å². The third kappa shape index (κ3) is 4.42. The number of hydrogen-bond donors (Lipinski definition) is 0. The molecule has 0 heterocycles. The van der Waals surface area contributed by atoms with Crippen LogP contribution in [-0.4, -0.2) is 13.1 Å². The van der Waals surface area contributed by atoms with Crippen LogP contribution in [0.4, 0.5) is 0 Å². The van der Waals surface area contributed by atoms with Gasteiger partial charge < -0.3 is 4.74 Å². The van der Waals surface area contributed by atoms with Crippen molar-refractivity contribution in [2.75, 3.05) is 7.11 Å². The lowest BCUT2D eigenvalue weighted by Gasteiger charge is -1.89. The van der Waals surface area contributed by atoms with Crippen molar-refractivity contribution in [2.24, 2.45) is 5.92 Å². The summed E-state index contributed by atoms with van der Waals surface area (Å²) in [5.74, 6) is 0.213. The van der Waals surface area contributed by atoms with Gasteiger partial charge in [-0.1, -0.05) is 34.1 Å². The maximum Gasteiger partial charge on any atom is 0.308 e. The average Bonchev–Trinajstić information content (AvgIpc) is 3.02. The molecular formula is C11H13BrO2. The molecule has 0 bridgehead atoms. The Morgan fingerprint density at radius 1 is 1.36 bits per heavy atom. The summed E-state index contributed by atoms with van der Waals surface area (Å²) in [6.45, 7) is 0. The van der Waals surface area contributed by atoms with Gasteiger partial charge in [-0.25, -0.2) is 0 Å². The number of hydrogen-bond acceptors (Lipinski definition) is 2. The van der Waals surface area contributed by atoms with Crippen molar-refractivity contribution in [3.05, 3.63) is 34.8 Å². The highest BCUT2D eigenvalue weighted by molar-refractivity contribution is 9.10. The Bertz CT molecular complexity index is 281. The number of rotatable bonds is 1. The van der Waals surface area contributed by atoms with E-state index in [0.717, 1.165) is 17.3 Å². The van der Waals surface area contributed by atoms with Gasteiger partial charge in [0.05, 0.1) is 13.0 Å². The fraction of sp³-hybridized carbons (Fsp3) is 0.364. The van der Waals surface area contributed by atoms with Crippen molar-refractivity contribution >= 4 is 21.9 Å². The zero-order valence-electron chi connectivity index (χ0n) is 8.07. The van der Waals surface area contributed by atoms with Gasteiger partial charge in [0.1, 0.15) is 0 Å². The van der Waals surface area contributed by atoms with Crippen LogP contribution in [0.25, 0.3) is 0 Å². The van der Waals surface area contributed by atoms with Crippen LogP contribution in [0, 0.1) is 5.92 Å². The third-order valence-corrected chi connectivity index (χ3v) is 2.37. The summed E-state index contributed by atoms with van der Waals surface area (Å²) in [5.41, 5.74) is 0. The second kappa shape index (κ2) is 5.81. The second-order valence-electron chi connectivity index (χ2n) is 3.09. The summed E-state index contributed by atoms with van der Waals surface area (Å²) >= 11 is 3.31. The van der Waals surface area contributed by atoms with Gasteiger partial charge in [0.2, 0.25) is 0 Å². The molecule has 1 aromatic carbocycles. The van der Waals surface area contributed by atoms with Crippen molar-refractivity contribution in [1.82, 2.24) is 0 Å². The molecule has 3 heteroatoms. The number of ether oxygens (including phenoxy) is 1. The van der Waals surface area contributed by atoms with Crippen LogP contribution in [0.2, 0.25) is 0 Å². The standard InChI is InChI=1S/C6H5Br.C5H8O2/c7-6-4-2-1-3-5-6;1-7-5(6)4-2-3-4/h1-5H;4H,2-3H2,1H3. The summed E-state index contributed by atoms with van der Waals surface area (Å²) in [6.07, 6.45) is 2.07. The lowest BCUT2D eigenvalue weighted by atomic mass is 10.4. The Hall–Kier alpha value is -0.830. The zero-order chi connectivity index (χ0) is 10.4. The van der Waals surface area contributed by atoms with E-state index in [1.165, 1.54) is 7.11 Å². The summed E-state index contributed by atoms with van der Waals surface area (Å²) in [7, 11) is 1.43. The molecule has 0 amide bonds. The van der Waals surface area contributed by atoms with Gasteiger partial charge in [0, 0.05) is 4.47 Å². The fourth-order valence-corrected chi connectivity index (χ4v) is 1.21. The average molecular weight is 257 g/mol. The summed E-state index contributed by atoms with van der Waals surface area (Å²) in [6, 6.07) is 9.97. The number of methoxy groups -OCH3 is 1. The van der Waals surface area contributed by atoms with Crippen LogP contribution in [0.1, 0.15) is 12.8 Å². The second-order valence-corrected chi connectivity index (χ2v) is 4.01. The molecule has 0 unspecified atom stereocenters. The molecule has 1 aliphatic rings. The minimum atomic E-state index is -0.0417. The number of carbonyl (C=O) groups excluding carboxylic acids is 1. The van der Waals surface area contributed by atoms with Crippen molar-refractivity contribution < 1.29 is 9.53 Å². The maximum atomic E-state index is 10.4. The van der Waals surface area contributed by atoms with E-state index in [1.54, 1.807) is 0 Å². The predicted molar refractivity (Wildman–Crippen MR) is 58.9 cm³/mol. The lowest BCUT2D eigenvalue weighted by molar-refractivity contribution is -0.142. The van der Waals surface area contributed by atoms with Gasteiger partial charge in [0.25, 0.3) is 0 Å². The first-order chi connectivity index (χ1) is 6.74. The van der Waals surface area contributed by atoms with Crippen molar-refractivity contribution in [2.45, 2.75) is 12.8 Å². The quantitative estimate of drug-likeness (QED) is 0.723. The summed E-state index contributed by atoms with van der Waals surface area (Å²) < 4.78 is 5.57. The SMILES string of the molecule is Brc1ccccc1.COC(=O)C1CC1. The molecular weight excluding hydrogens is 244 g/mol. The maximum absolute atomic E-state index is 10.4. The van der Waals surface area contributed by atoms with Gasteiger partial charge in [0.15, 0.2) is 0 Å². The van der Waals surface area contributed by atoms with Crippen LogP contribution >= 0.6 is 15.9 Å². The van der Waals surface area contributed by atoms with E-state index in [0.29, 0.717) is 0 Å². The molecule has 0 aromatic heterocycles. The van der Waals surface area contributed by atoms with Crippen molar-refractivity contribution in [1.29, 1.82) is 0 Å². The molecule has 1 fully saturated rings. The molecule has 1 saturated carbocycles. The zero-order valence-corrected chi connectivity index (χ0v) is 9.66. The Kier molecular flexibility index (Phi) is 4.66. The van der Waals surface area contributed by atoms with Gasteiger partial charge in [-0.05, 0) is 25.0 Å². The number of esters is 1. The normalized spacial score (nSPS) is 13.9.